The molecule has 7 rings (SSSR count). The minimum Gasteiger partial charge on any atom is -0.451 e. The summed E-state index contributed by atoms with van der Waals surface area (Å²) in [5.74, 6) is -2.49. The molecule has 4 aromatic carbocycles. The van der Waals surface area contributed by atoms with Gasteiger partial charge in [0.05, 0.1) is 16.8 Å². The molecule has 3 amide bonds. The van der Waals surface area contributed by atoms with E-state index in [2.05, 4.69) is 15.6 Å². The Morgan fingerprint density at radius 3 is 1.88 bits per heavy atom. The number of β-lactam (4-membered cyclic amide) rings is 1. The van der Waals surface area contributed by atoms with Crippen LogP contribution in [0.5, 0.6) is 0 Å². The molecule has 2 fully saturated rings. The van der Waals surface area contributed by atoms with Crippen LogP contribution >= 0.6 is 0 Å². The van der Waals surface area contributed by atoms with Crippen LogP contribution in [0.1, 0.15) is 56.2 Å². The Balaban J connectivity index is 1.06. The highest BCUT2D eigenvalue weighted by molar-refractivity contribution is 7.94. The summed E-state index contributed by atoms with van der Waals surface area (Å²) in [7, 11) is -4.32. The fraction of sp³-hybridized carbons (Fsp3) is 0.239. The molecule has 0 aliphatic carbocycles. The molecule has 2 aliphatic heterocycles. The Bertz CT molecular complexity index is 2450. The number of carbonyl (C=O) groups excluding carboxylic acids is 4. The van der Waals surface area contributed by atoms with E-state index in [4.69, 9.17) is 9.47 Å². The van der Waals surface area contributed by atoms with Gasteiger partial charge in [0.2, 0.25) is 0 Å². The minimum atomic E-state index is -4.32. The molecule has 2 atom stereocenters. The second kappa shape index (κ2) is 16.3. The van der Waals surface area contributed by atoms with Gasteiger partial charge >= 0.3 is 12.1 Å². The predicted octanol–water partition coefficient (Wildman–Crippen LogP) is 6.36. The lowest BCUT2D eigenvalue weighted by molar-refractivity contribution is -0.160. The maximum Gasteiger partial charge on any atom is 0.408 e. The lowest BCUT2D eigenvalue weighted by atomic mass is 9.91. The molecule has 302 valence electrons. The Morgan fingerprint density at radius 1 is 0.763 bits per heavy atom. The number of fused-ring (bicyclic) bond motifs is 1. The number of pyridine rings is 1. The number of benzene rings is 4. The third kappa shape index (κ3) is 7.85. The van der Waals surface area contributed by atoms with Crippen LogP contribution in [0.3, 0.4) is 0 Å². The summed E-state index contributed by atoms with van der Waals surface area (Å²) in [4.78, 5) is 60.4. The van der Waals surface area contributed by atoms with Crippen LogP contribution < -0.4 is 10.6 Å². The maximum atomic E-state index is 14.3. The molecule has 59 heavy (non-hydrogen) atoms. The molecule has 2 saturated heterocycles. The van der Waals surface area contributed by atoms with E-state index < -0.39 is 61.6 Å². The second-order valence-corrected chi connectivity index (χ2v) is 17.9. The van der Waals surface area contributed by atoms with E-state index in [1.165, 1.54) is 26.1 Å². The van der Waals surface area contributed by atoms with Crippen LogP contribution in [0.15, 0.2) is 145 Å². The number of nitrogens with zero attached hydrogens (tertiary/aromatic N) is 2. The van der Waals surface area contributed by atoms with Gasteiger partial charge < -0.3 is 25.0 Å². The lowest BCUT2D eigenvalue weighted by Crippen LogP contribution is -2.60. The Morgan fingerprint density at radius 2 is 1.31 bits per heavy atom. The van der Waals surface area contributed by atoms with E-state index in [9.17, 15) is 27.6 Å². The van der Waals surface area contributed by atoms with Crippen molar-refractivity contribution in [1.82, 2.24) is 20.5 Å². The van der Waals surface area contributed by atoms with Gasteiger partial charge in [0.15, 0.2) is 27.4 Å². The number of amides is 3. The van der Waals surface area contributed by atoms with Gasteiger partial charge in [-0.25, -0.2) is 18.0 Å². The summed E-state index contributed by atoms with van der Waals surface area (Å²) in [5, 5.41) is 3.70. The van der Waals surface area contributed by atoms with Gasteiger partial charge in [0.25, 0.3) is 11.8 Å². The Hall–Kier alpha value is -6.60. The first-order chi connectivity index (χ1) is 28.2. The van der Waals surface area contributed by atoms with Crippen LogP contribution in [-0.2, 0) is 39.3 Å². The number of nitrogens with one attached hydrogen (secondary N) is 2. The average molecular weight is 813 g/mol. The van der Waals surface area contributed by atoms with E-state index in [1.54, 1.807) is 74.5 Å². The fourth-order valence-corrected chi connectivity index (χ4v) is 9.63. The maximum absolute atomic E-state index is 14.3. The highest BCUT2D eigenvalue weighted by Crippen LogP contribution is 2.51. The van der Waals surface area contributed by atoms with Crippen molar-refractivity contribution in [2.75, 3.05) is 13.1 Å². The number of hydrogen-bond acceptors (Lipinski definition) is 9. The SMILES string of the molecule is CC(C)(OC(=O)NCCNC(=O)/C(=C1\C(=O)N2[C@@H](C(=O)OC(c3ccccc3)c3ccccc3)C(C)(C)S(=O)(=O)[C@H]12)c1ccccn1)c1ccc(-c2ccccc2)cc1. The second-order valence-electron chi connectivity index (χ2n) is 15.3. The first-order valence-corrected chi connectivity index (χ1v) is 20.7. The van der Waals surface area contributed by atoms with Gasteiger partial charge in [-0.2, -0.15) is 0 Å². The monoisotopic (exact) mass is 812 g/mol. The molecule has 0 unspecified atom stereocenters. The molecule has 5 aromatic rings. The number of hydrogen-bond donors (Lipinski definition) is 2. The normalized spacial score (nSPS) is 18.6. The molecule has 0 spiro atoms. The van der Waals surface area contributed by atoms with Gasteiger partial charge in [-0.15, -0.1) is 0 Å². The molecule has 2 N–H and O–H groups in total. The van der Waals surface area contributed by atoms with E-state index in [1.807, 2.05) is 66.7 Å². The Kier molecular flexibility index (Phi) is 11.2. The standard InChI is InChI=1S/C46H44N4O8S/c1-45(2,34-25-23-31(24-26-34)30-16-8-5-9-17-30)58-44(54)49-29-28-48-40(51)36(35-22-14-15-27-47-35)37-41(52)50-39(46(3,4)59(55,56)42(37)50)43(53)57-38(32-18-10-6-11-19-32)33-20-12-7-13-21-33/h5-27,38-39,42H,28-29H2,1-4H3,(H,48,51)(H,49,54)/b37-36+/t39-,42+/m0/s1. The molecule has 0 bridgehead atoms. The molecule has 2 aliphatic rings. The molecule has 0 saturated carbocycles. The van der Waals surface area contributed by atoms with Crippen LogP contribution in [0.4, 0.5) is 4.79 Å². The zero-order valence-corrected chi connectivity index (χ0v) is 33.8. The van der Waals surface area contributed by atoms with Crippen LogP contribution in [0.2, 0.25) is 0 Å². The highest BCUT2D eigenvalue weighted by atomic mass is 32.2. The van der Waals surface area contributed by atoms with Crippen molar-refractivity contribution in [1.29, 1.82) is 0 Å². The summed E-state index contributed by atoms with van der Waals surface area (Å²) < 4.78 is 38.6. The van der Waals surface area contributed by atoms with Crippen LogP contribution in [0.25, 0.3) is 16.7 Å². The number of sulfone groups is 1. The molecule has 3 heterocycles. The number of alkyl carbamates (subject to hydrolysis) is 1. The molecule has 12 nitrogen and oxygen atoms in total. The third-order valence-electron chi connectivity index (χ3n) is 10.7. The van der Waals surface area contributed by atoms with Gasteiger partial charge in [-0.1, -0.05) is 121 Å². The van der Waals surface area contributed by atoms with Gasteiger partial charge in [-0.3, -0.25) is 14.6 Å². The highest BCUT2D eigenvalue weighted by Gasteiger charge is 2.71. The van der Waals surface area contributed by atoms with Crippen LogP contribution in [-0.4, -0.2) is 71.4 Å². The summed E-state index contributed by atoms with van der Waals surface area (Å²) in [6.07, 6.45) is -0.185. The summed E-state index contributed by atoms with van der Waals surface area (Å²) in [6, 6.07) is 38.8. The van der Waals surface area contributed by atoms with Gasteiger partial charge in [-0.05, 0) is 67.6 Å². The summed E-state index contributed by atoms with van der Waals surface area (Å²) >= 11 is 0. The lowest BCUT2D eigenvalue weighted by Gasteiger charge is -2.40. The molecule has 13 heteroatoms. The first kappa shape index (κ1) is 40.6. The minimum absolute atomic E-state index is 0.0504. The third-order valence-corrected chi connectivity index (χ3v) is 13.5. The average Bonchev–Trinajstić information content (AvgIpc) is 3.39. The number of ether oxygens (including phenoxy) is 2. The number of carbonyl (C=O) groups is 4. The van der Waals surface area contributed by atoms with Crippen molar-refractivity contribution in [2.24, 2.45) is 0 Å². The van der Waals surface area contributed by atoms with E-state index in [0.29, 0.717) is 11.1 Å². The van der Waals surface area contributed by atoms with Crippen molar-refractivity contribution >= 4 is 39.3 Å². The van der Waals surface area contributed by atoms with Gasteiger partial charge in [0, 0.05) is 19.3 Å². The van der Waals surface area contributed by atoms with Crippen molar-refractivity contribution in [3.8, 4) is 11.1 Å². The molecule has 1 aromatic heterocycles. The van der Waals surface area contributed by atoms with Gasteiger partial charge in [0.1, 0.15) is 10.3 Å². The van der Waals surface area contributed by atoms with Crippen molar-refractivity contribution in [2.45, 2.75) is 55.6 Å². The van der Waals surface area contributed by atoms with Crippen molar-refractivity contribution in [3.05, 3.63) is 168 Å². The van der Waals surface area contributed by atoms with Crippen LogP contribution in [0, 0.1) is 0 Å². The summed E-state index contributed by atoms with van der Waals surface area (Å²) in [6.45, 7) is 6.14. The van der Waals surface area contributed by atoms with E-state index in [0.717, 1.165) is 21.6 Å². The first-order valence-electron chi connectivity index (χ1n) is 19.2. The Labute approximate surface area is 343 Å². The van der Waals surface area contributed by atoms with Crippen molar-refractivity contribution in [3.63, 3.8) is 0 Å². The number of rotatable bonds is 12. The number of aromatic nitrogens is 1. The topological polar surface area (TPSA) is 161 Å². The van der Waals surface area contributed by atoms with E-state index in [-0.39, 0.29) is 29.9 Å². The molecular weight excluding hydrogens is 769 g/mol. The van der Waals surface area contributed by atoms with Crippen molar-refractivity contribution < 1.29 is 37.1 Å². The molecular formula is C46H44N4O8S. The zero-order valence-electron chi connectivity index (χ0n) is 33.0. The molecule has 0 radical (unpaired) electrons. The predicted molar refractivity (Wildman–Crippen MR) is 222 cm³/mol. The smallest absolute Gasteiger partial charge is 0.408 e. The van der Waals surface area contributed by atoms with E-state index >= 15 is 0 Å². The zero-order chi connectivity index (χ0) is 42.0. The quantitative estimate of drug-likeness (QED) is 0.0633. The summed E-state index contributed by atoms with van der Waals surface area (Å²) in [5.41, 5.74) is 2.71. The fourth-order valence-electron chi connectivity index (χ4n) is 7.49. The number of esters is 1. The largest absolute Gasteiger partial charge is 0.451 e.